The summed E-state index contributed by atoms with van der Waals surface area (Å²) in [4.78, 5) is 18.8. The van der Waals surface area contributed by atoms with Crippen molar-refractivity contribution in [3.8, 4) is 17.1 Å². The van der Waals surface area contributed by atoms with Gasteiger partial charge in [0.05, 0.1) is 5.69 Å². The number of para-hydroxylation sites is 1. The van der Waals surface area contributed by atoms with Crippen molar-refractivity contribution in [3.05, 3.63) is 59.7 Å². The SMILES string of the molecule is CSc1nnc2c(n1)O[C@@H](c1ccccc1C)N(C(C)=O)c1ccccc1-2. The highest BCUT2D eigenvalue weighted by atomic mass is 32.2. The average Bonchev–Trinajstić information content (AvgIpc) is 2.82. The summed E-state index contributed by atoms with van der Waals surface area (Å²) in [5.41, 5.74) is 3.96. The molecule has 0 saturated carbocycles. The van der Waals surface area contributed by atoms with Crippen LogP contribution in [0.3, 0.4) is 0 Å². The Labute approximate surface area is 161 Å². The predicted molar refractivity (Wildman–Crippen MR) is 105 cm³/mol. The van der Waals surface area contributed by atoms with Crippen LogP contribution in [0.2, 0.25) is 0 Å². The fourth-order valence-electron chi connectivity index (χ4n) is 3.21. The van der Waals surface area contributed by atoms with E-state index in [0.717, 1.165) is 22.4 Å². The number of amides is 1. The van der Waals surface area contributed by atoms with Crippen molar-refractivity contribution in [2.45, 2.75) is 25.2 Å². The second kappa shape index (κ2) is 7.00. The van der Waals surface area contributed by atoms with Gasteiger partial charge in [-0.2, -0.15) is 4.98 Å². The zero-order valence-corrected chi connectivity index (χ0v) is 16.0. The average molecular weight is 378 g/mol. The smallest absolute Gasteiger partial charge is 0.247 e. The van der Waals surface area contributed by atoms with Crippen molar-refractivity contribution in [1.82, 2.24) is 15.2 Å². The minimum Gasteiger partial charge on any atom is -0.447 e. The Balaban J connectivity index is 2.00. The molecular formula is C20H18N4O2S. The van der Waals surface area contributed by atoms with Gasteiger partial charge in [0, 0.05) is 18.1 Å². The zero-order valence-electron chi connectivity index (χ0n) is 15.2. The van der Waals surface area contributed by atoms with Crippen molar-refractivity contribution >= 4 is 23.4 Å². The van der Waals surface area contributed by atoms with E-state index in [2.05, 4.69) is 15.2 Å². The van der Waals surface area contributed by atoms with E-state index < -0.39 is 6.23 Å². The lowest BCUT2D eigenvalue weighted by Gasteiger charge is -2.30. The molecule has 0 fully saturated rings. The lowest BCUT2D eigenvalue weighted by Crippen LogP contribution is -2.36. The van der Waals surface area contributed by atoms with E-state index in [1.165, 1.54) is 18.7 Å². The van der Waals surface area contributed by atoms with Gasteiger partial charge in [-0.1, -0.05) is 54.2 Å². The van der Waals surface area contributed by atoms with Crippen LogP contribution in [0.5, 0.6) is 5.88 Å². The third-order valence-electron chi connectivity index (χ3n) is 4.49. The molecule has 0 spiro atoms. The molecule has 2 aromatic carbocycles. The molecule has 0 unspecified atom stereocenters. The van der Waals surface area contributed by atoms with Crippen LogP contribution in [0.15, 0.2) is 53.7 Å². The van der Waals surface area contributed by atoms with E-state index in [1.54, 1.807) is 4.90 Å². The fourth-order valence-corrected chi connectivity index (χ4v) is 3.50. The molecule has 2 heterocycles. The van der Waals surface area contributed by atoms with Gasteiger partial charge >= 0.3 is 0 Å². The number of benzene rings is 2. The molecule has 1 aliphatic heterocycles. The number of carbonyl (C=O) groups is 1. The van der Waals surface area contributed by atoms with Crippen LogP contribution in [0.25, 0.3) is 11.3 Å². The van der Waals surface area contributed by atoms with E-state index in [1.807, 2.05) is 61.7 Å². The first-order valence-corrected chi connectivity index (χ1v) is 9.72. The van der Waals surface area contributed by atoms with Crippen molar-refractivity contribution in [2.24, 2.45) is 0 Å². The molecule has 1 atom stereocenters. The van der Waals surface area contributed by atoms with E-state index in [9.17, 15) is 4.79 Å². The number of hydrogen-bond acceptors (Lipinski definition) is 6. The van der Waals surface area contributed by atoms with Gasteiger partial charge in [0.25, 0.3) is 0 Å². The highest BCUT2D eigenvalue weighted by Crippen LogP contribution is 2.43. The maximum atomic E-state index is 12.7. The zero-order chi connectivity index (χ0) is 19.0. The van der Waals surface area contributed by atoms with Gasteiger partial charge in [-0.3, -0.25) is 9.69 Å². The van der Waals surface area contributed by atoms with Crippen LogP contribution < -0.4 is 9.64 Å². The van der Waals surface area contributed by atoms with E-state index >= 15 is 0 Å². The van der Waals surface area contributed by atoms with Gasteiger partial charge in [-0.15, -0.1) is 10.2 Å². The lowest BCUT2D eigenvalue weighted by atomic mass is 10.0. The largest absolute Gasteiger partial charge is 0.447 e. The van der Waals surface area contributed by atoms with E-state index in [0.29, 0.717) is 16.7 Å². The Kier molecular flexibility index (Phi) is 4.53. The van der Waals surface area contributed by atoms with Crippen LogP contribution in [-0.2, 0) is 4.79 Å². The standard InChI is InChI=1S/C20H18N4O2S/c1-12-8-4-5-9-14(12)19-24(13(2)25)16-11-7-6-10-15(16)17-18(26-19)21-20(27-3)23-22-17/h4-11,19H,1-3H3/t19-/m0/s1. The Morgan fingerprint density at radius 3 is 2.59 bits per heavy atom. The van der Waals surface area contributed by atoms with Gasteiger partial charge in [-0.05, 0) is 24.8 Å². The number of nitrogens with zero attached hydrogens (tertiary/aromatic N) is 4. The Morgan fingerprint density at radius 2 is 1.85 bits per heavy atom. The minimum atomic E-state index is -0.641. The second-order valence-corrected chi connectivity index (χ2v) is 6.96. The summed E-state index contributed by atoms with van der Waals surface area (Å²) < 4.78 is 6.30. The molecular weight excluding hydrogens is 360 g/mol. The molecule has 27 heavy (non-hydrogen) atoms. The molecule has 1 aromatic heterocycles. The van der Waals surface area contributed by atoms with Gasteiger partial charge in [0.15, 0.2) is 5.69 Å². The minimum absolute atomic E-state index is 0.124. The highest BCUT2D eigenvalue weighted by Gasteiger charge is 2.34. The van der Waals surface area contributed by atoms with Gasteiger partial charge in [0.1, 0.15) is 0 Å². The van der Waals surface area contributed by atoms with Crippen LogP contribution in [0.4, 0.5) is 5.69 Å². The van der Waals surface area contributed by atoms with Crippen molar-refractivity contribution in [3.63, 3.8) is 0 Å². The van der Waals surface area contributed by atoms with Crippen LogP contribution in [0.1, 0.15) is 24.3 Å². The molecule has 7 heteroatoms. The molecule has 6 nitrogen and oxygen atoms in total. The summed E-state index contributed by atoms with van der Waals surface area (Å²) in [6.45, 7) is 3.54. The predicted octanol–water partition coefficient (Wildman–Crippen LogP) is 4.01. The van der Waals surface area contributed by atoms with Crippen LogP contribution in [-0.4, -0.2) is 27.3 Å². The number of fused-ring (bicyclic) bond motifs is 3. The summed E-state index contributed by atoms with van der Waals surface area (Å²) in [5.74, 6) is 0.250. The maximum absolute atomic E-state index is 12.7. The maximum Gasteiger partial charge on any atom is 0.247 e. The topological polar surface area (TPSA) is 68.2 Å². The number of anilines is 1. The van der Waals surface area contributed by atoms with Crippen molar-refractivity contribution in [2.75, 3.05) is 11.2 Å². The van der Waals surface area contributed by atoms with Crippen molar-refractivity contribution in [1.29, 1.82) is 0 Å². The molecule has 0 N–H and O–H groups in total. The summed E-state index contributed by atoms with van der Waals surface area (Å²) in [7, 11) is 0. The molecule has 1 amide bonds. The monoisotopic (exact) mass is 378 g/mol. The third-order valence-corrected chi connectivity index (χ3v) is 5.03. The number of carbonyl (C=O) groups excluding carboxylic acids is 1. The summed E-state index contributed by atoms with van der Waals surface area (Å²) in [5, 5.41) is 9.01. The molecule has 0 bridgehead atoms. The van der Waals surface area contributed by atoms with Gasteiger partial charge < -0.3 is 4.74 Å². The molecule has 3 aromatic rings. The Bertz CT molecular complexity index is 1020. The number of rotatable bonds is 2. The summed E-state index contributed by atoms with van der Waals surface area (Å²) in [6.07, 6.45) is 1.24. The van der Waals surface area contributed by atoms with Crippen LogP contribution in [0, 0.1) is 6.92 Å². The number of hydrogen-bond donors (Lipinski definition) is 0. The number of aryl methyl sites for hydroxylation is 1. The first kappa shape index (κ1) is 17.5. The first-order chi connectivity index (χ1) is 13.1. The quantitative estimate of drug-likeness (QED) is 0.628. The molecule has 0 aliphatic carbocycles. The number of ether oxygens (including phenoxy) is 1. The normalized spacial score (nSPS) is 15.4. The number of thioether (sulfide) groups is 1. The lowest BCUT2D eigenvalue weighted by molar-refractivity contribution is -0.118. The molecule has 1 aliphatic rings. The molecule has 0 saturated heterocycles. The van der Waals surface area contributed by atoms with Gasteiger partial charge in [-0.25, -0.2) is 0 Å². The van der Waals surface area contributed by atoms with Crippen LogP contribution >= 0.6 is 11.8 Å². The van der Waals surface area contributed by atoms with E-state index in [-0.39, 0.29) is 5.91 Å². The molecule has 4 rings (SSSR count). The third kappa shape index (κ3) is 3.04. The van der Waals surface area contributed by atoms with Gasteiger partial charge in [0.2, 0.25) is 23.2 Å². The summed E-state index contributed by atoms with van der Waals surface area (Å²) >= 11 is 1.39. The second-order valence-electron chi connectivity index (χ2n) is 6.19. The number of aromatic nitrogens is 3. The summed E-state index contributed by atoms with van der Waals surface area (Å²) in [6, 6.07) is 15.5. The Hall–Kier alpha value is -2.93. The van der Waals surface area contributed by atoms with Crippen molar-refractivity contribution < 1.29 is 9.53 Å². The highest BCUT2D eigenvalue weighted by molar-refractivity contribution is 7.98. The molecule has 0 radical (unpaired) electrons. The Morgan fingerprint density at radius 1 is 1.11 bits per heavy atom. The molecule has 136 valence electrons. The van der Waals surface area contributed by atoms with E-state index in [4.69, 9.17) is 4.74 Å². The fraction of sp³-hybridized carbons (Fsp3) is 0.200. The first-order valence-electron chi connectivity index (χ1n) is 8.50.